The van der Waals surface area contributed by atoms with Gasteiger partial charge in [-0.2, -0.15) is 0 Å². The Morgan fingerprint density at radius 3 is 1.97 bits per heavy atom. The van der Waals surface area contributed by atoms with E-state index in [9.17, 15) is 2.74 Å². The van der Waals surface area contributed by atoms with E-state index in [1.165, 1.54) is 10.8 Å². The minimum Gasteiger partial charge on any atom is -0.310 e. The van der Waals surface area contributed by atoms with Crippen LogP contribution in [0.4, 0.5) is 17.1 Å². The lowest BCUT2D eigenvalue weighted by molar-refractivity contribution is 0.773. The molecule has 0 N–H and O–H groups in total. The topological polar surface area (TPSA) is 8.17 Å². The third-order valence-electron chi connectivity index (χ3n) is 12.8. The van der Waals surface area contributed by atoms with Crippen molar-refractivity contribution >= 4 is 60.4 Å². The summed E-state index contributed by atoms with van der Waals surface area (Å²) in [6, 6.07) is 68.3. The summed E-state index contributed by atoms with van der Waals surface area (Å²) in [6.07, 6.45) is 0. The lowest BCUT2D eigenvalue weighted by atomic mass is 9.61. The van der Waals surface area contributed by atoms with Gasteiger partial charge in [0.25, 0.3) is 0 Å². The van der Waals surface area contributed by atoms with Crippen LogP contribution >= 0.6 is 0 Å². The highest BCUT2D eigenvalue weighted by atomic mass is 15.1. The molecule has 0 bridgehead atoms. The highest BCUT2D eigenvalue weighted by molar-refractivity contribution is 6.11. The van der Waals surface area contributed by atoms with E-state index in [-0.39, 0.29) is 24.2 Å². The second-order valence-corrected chi connectivity index (χ2v) is 15.7. The molecule has 59 heavy (non-hydrogen) atoms. The summed E-state index contributed by atoms with van der Waals surface area (Å²) in [5.74, 6) is 0. The van der Waals surface area contributed by atoms with Crippen LogP contribution in [0.3, 0.4) is 0 Å². The number of anilines is 3. The third-order valence-corrected chi connectivity index (χ3v) is 12.8. The first-order valence-electron chi connectivity index (χ1n) is 22.2. The third kappa shape index (κ3) is 4.40. The number of hydrogen-bond acceptors (Lipinski definition) is 1. The lowest BCUT2D eigenvalue weighted by Gasteiger charge is -2.41. The Morgan fingerprint density at radius 1 is 0.390 bits per heavy atom. The van der Waals surface area contributed by atoms with Crippen LogP contribution in [0.5, 0.6) is 0 Å². The Hall–Kier alpha value is -7.68. The predicted octanol–water partition coefficient (Wildman–Crippen LogP) is 14.9. The summed E-state index contributed by atoms with van der Waals surface area (Å²) >= 11 is 0. The maximum atomic E-state index is 9.76. The molecule has 11 aromatic rings. The van der Waals surface area contributed by atoms with Gasteiger partial charge in [0.15, 0.2) is 0 Å². The van der Waals surface area contributed by atoms with Gasteiger partial charge in [-0.1, -0.05) is 164 Å². The van der Waals surface area contributed by atoms with Crippen molar-refractivity contribution < 1.29 is 5.48 Å². The molecule has 274 valence electrons. The van der Waals surface area contributed by atoms with Crippen LogP contribution in [-0.2, 0) is 5.41 Å². The van der Waals surface area contributed by atoms with Crippen molar-refractivity contribution in [3.05, 3.63) is 241 Å². The van der Waals surface area contributed by atoms with Gasteiger partial charge in [0.2, 0.25) is 0 Å². The molecule has 0 fully saturated rings. The highest BCUT2D eigenvalue weighted by Crippen LogP contribution is 2.62. The smallest absolute Gasteiger partial charge is 0.0726 e. The average molecular weight is 753 g/mol. The van der Waals surface area contributed by atoms with E-state index in [4.69, 9.17) is 2.74 Å². The molecule has 0 amide bonds. The number of rotatable bonds is 4. The van der Waals surface area contributed by atoms with E-state index >= 15 is 0 Å². The van der Waals surface area contributed by atoms with E-state index in [2.05, 4.69) is 185 Å². The molecular formula is C57H36N2. The van der Waals surface area contributed by atoms with Crippen LogP contribution < -0.4 is 4.90 Å². The maximum absolute atomic E-state index is 9.76. The summed E-state index contributed by atoms with van der Waals surface area (Å²) in [5.41, 5.74) is 12.3. The van der Waals surface area contributed by atoms with Crippen molar-refractivity contribution in [1.82, 2.24) is 4.57 Å². The van der Waals surface area contributed by atoms with Gasteiger partial charge >= 0.3 is 0 Å². The molecule has 1 atom stereocenters. The Labute approximate surface area is 348 Å². The molecule has 10 aromatic carbocycles. The van der Waals surface area contributed by atoms with Crippen LogP contribution in [0, 0.1) is 0 Å². The fraction of sp³-hybridized carbons (Fsp3) is 0.0175. The molecule has 1 aromatic heterocycles. The van der Waals surface area contributed by atoms with E-state index in [1.54, 1.807) is 0 Å². The van der Waals surface area contributed by atoms with Gasteiger partial charge in [-0.3, -0.25) is 0 Å². The Kier molecular flexibility index (Phi) is 5.91. The molecule has 2 aliphatic rings. The summed E-state index contributed by atoms with van der Waals surface area (Å²) in [7, 11) is 0. The van der Waals surface area contributed by atoms with Gasteiger partial charge in [-0.25, -0.2) is 0 Å². The largest absolute Gasteiger partial charge is 0.310 e. The van der Waals surface area contributed by atoms with Gasteiger partial charge in [-0.15, -0.1) is 0 Å². The zero-order valence-corrected chi connectivity index (χ0v) is 31.9. The molecule has 2 heteroatoms. The van der Waals surface area contributed by atoms with Gasteiger partial charge < -0.3 is 9.47 Å². The minimum absolute atomic E-state index is 0.0134. The van der Waals surface area contributed by atoms with Crippen LogP contribution in [0.15, 0.2) is 218 Å². The standard InChI is InChI=1S/C57H36N2/c1-2-18-40(19-3-1)59-54-27-11-8-22-47(54)48-33-31-43(36-55(48)59)58(41-29-28-37-14-4-5-15-39(37)34-41)42-30-32-46-49-23-12-16-38-17-13-26-52(56(38)49)57(53(46)35-42)50-24-9-6-20-44(50)45-21-7-10-25-51(45)57/h1-36H/i6D,9D,20D,24D. The summed E-state index contributed by atoms with van der Waals surface area (Å²) in [5, 5.41) is 6.82. The normalized spacial score (nSPS) is 15.8. The van der Waals surface area contributed by atoms with E-state index < -0.39 is 5.41 Å². The molecule has 2 aliphatic carbocycles. The summed E-state index contributed by atoms with van der Waals surface area (Å²) < 4.78 is 39.5. The lowest BCUT2D eigenvalue weighted by Crippen LogP contribution is -2.32. The molecule has 2 nitrogen and oxygen atoms in total. The number of benzene rings is 10. The number of nitrogens with zero attached hydrogens (tertiary/aromatic N) is 2. The number of fused-ring (bicyclic) bond motifs is 13. The first-order valence-corrected chi connectivity index (χ1v) is 20.2. The maximum Gasteiger partial charge on any atom is 0.0726 e. The Balaban J connectivity index is 1.15. The monoisotopic (exact) mass is 752 g/mol. The molecule has 13 rings (SSSR count). The van der Waals surface area contributed by atoms with Crippen molar-refractivity contribution in [2.75, 3.05) is 4.90 Å². The SMILES string of the molecule is [2H]c1c([2H])c([2H])c2c(c1[2H])-c1ccccc1C21c2cc(N(c3ccc4ccccc4c3)c3ccc4c5ccccc5n(-c5ccccc5)c4c3)ccc2-c2cccc3cccc1c23. The quantitative estimate of drug-likeness (QED) is 0.174. The van der Waals surface area contributed by atoms with Crippen LogP contribution in [0.25, 0.3) is 71.3 Å². The van der Waals surface area contributed by atoms with Crippen molar-refractivity contribution in [2.24, 2.45) is 0 Å². The second-order valence-electron chi connectivity index (χ2n) is 15.7. The molecule has 0 saturated carbocycles. The highest BCUT2D eigenvalue weighted by Gasteiger charge is 2.50. The van der Waals surface area contributed by atoms with Gasteiger partial charge in [0, 0.05) is 33.5 Å². The molecule has 0 radical (unpaired) electrons. The van der Waals surface area contributed by atoms with E-state index in [1.807, 2.05) is 18.2 Å². The number of aromatic nitrogens is 1. The Bertz CT molecular complexity index is 3750. The molecular weight excluding hydrogens is 713 g/mol. The predicted molar refractivity (Wildman–Crippen MR) is 247 cm³/mol. The molecule has 0 saturated heterocycles. The number of hydrogen-bond donors (Lipinski definition) is 0. The number of para-hydroxylation sites is 2. The van der Waals surface area contributed by atoms with Gasteiger partial charge in [-0.05, 0) is 121 Å². The first-order chi connectivity index (χ1) is 30.9. The van der Waals surface area contributed by atoms with Crippen molar-refractivity contribution in [3.8, 4) is 27.9 Å². The molecule has 1 spiro atoms. The van der Waals surface area contributed by atoms with Crippen LogP contribution in [0.1, 0.15) is 27.7 Å². The van der Waals surface area contributed by atoms with Crippen molar-refractivity contribution in [1.29, 1.82) is 0 Å². The fourth-order valence-corrected chi connectivity index (χ4v) is 10.5. The first kappa shape index (κ1) is 28.7. The van der Waals surface area contributed by atoms with E-state index in [0.29, 0.717) is 11.1 Å². The van der Waals surface area contributed by atoms with Gasteiger partial charge in [0.1, 0.15) is 0 Å². The van der Waals surface area contributed by atoms with Crippen molar-refractivity contribution in [3.63, 3.8) is 0 Å². The minimum atomic E-state index is -1.06. The average Bonchev–Trinajstić information content (AvgIpc) is 3.83. The van der Waals surface area contributed by atoms with Crippen molar-refractivity contribution in [2.45, 2.75) is 5.41 Å². The Morgan fingerprint density at radius 2 is 1.03 bits per heavy atom. The second kappa shape index (κ2) is 12.2. The molecule has 1 heterocycles. The zero-order valence-electron chi connectivity index (χ0n) is 35.9. The molecule has 1 unspecified atom stereocenters. The van der Waals surface area contributed by atoms with Crippen LogP contribution in [0.2, 0.25) is 0 Å². The fourth-order valence-electron chi connectivity index (χ4n) is 10.5. The zero-order chi connectivity index (χ0) is 42.1. The summed E-state index contributed by atoms with van der Waals surface area (Å²) in [4.78, 5) is 2.34. The van der Waals surface area contributed by atoms with Gasteiger partial charge in [0.05, 0.1) is 21.9 Å². The molecule has 0 aliphatic heterocycles. The van der Waals surface area contributed by atoms with E-state index in [0.717, 1.165) is 88.7 Å². The van der Waals surface area contributed by atoms with Crippen LogP contribution in [-0.4, -0.2) is 4.57 Å². The summed E-state index contributed by atoms with van der Waals surface area (Å²) in [6.45, 7) is 0.